The van der Waals surface area contributed by atoms with Crippen molar-refractivity contribution < 1.29 is 14.3 Å². The van der Waals surface area contributed by atoms with Crippen LogP contribution in [0.3, 0.4) is 0 Å². The van der Waals surface area contributed by atoms with Gasteiger partial charge in [0.2, 0.25) is 0 Å². The summed E-state index contributed by atoms with van der Waals surface area (Å²) < 4.78 is 10.6. The van der Waals surface area contributed by atoms with Crippen LogP contribution in [-0.4, -0.2) is 17.7 Å². The number of epoxide rings is 1. The summed E-state index contributed by atoms with van der Waals surface area (Å²) in [6.07, 6.45) is -0.558. The molecule has 1 heterocycles. The van der Waals surface area contributed by atoms with Crippen LogP contribution in [0.5, 0.6) is 0 Å². The van der Waals surface area contributed by atoms with Crippen LogP contribution in [0.25, 0.3) is 0 Å². The second-order valence-corrected chi connectivity index (χ2v) is 4.92. The van der Waals surface area contributed by atoms with E-state index in [2.05, 4.69) is 0 Å². The molecule has 3 nitrogen and oxygen atoms in total. The van der Waals surface area contributed by atoms with Crippen molar-refractivity contribution >= 4 is 5.97 Å². The predicted molar refractivity (Wildman–Crippen MR) is 59.9 cm³/mol. The van der Waals surface area contributed by atoms with Crippen LogP contribution < -0.4 is 0 Å². The largest absolute Gasteiger partial charge is 0.458 e. The fourth-order valence-corrected chi connectivity index (χ4v) is 1.55. The van der Waals surface area contributed by atoms with Crippen LogP contribution in [0.4, 0.5) is 0 Å². The average Bonchev–Trinajstić information content (AvgIpc) is 2.96. The monoisotopic (exact) mass is 220 g/mol. The Kier molecular flexibility index (Phi) is 2.72. The Morgan fingerprint density at radius 3 is 2.44 bits per heavy atom. The first-order valence-corrected chi connectivity index (χ1v) is 5.41. The number of hydrogen-bond donors (Lipinski definition) is 0. The molecule has 1 saturated heterocycles. The molecule has 1 aromatic carbocycles. The molecule has 1 aliphatic heterocycles. The summed E-state index contributed by atoms with van der Waals surface area (Å²) in [6.45, 7) is 5.56. The molecular formula is C13H16O3. The lowest BCUT2D eigenvalue weighted by Crippen LogP contribution is -2.26. The highest BCUT2D eigenvalue weighted by molar-refractivity contribution is 5.78. The molecule has 0 spiro atoms. The average molecular weight is 220 g/mol. The predicted octanol–water partition coefficient (Wildman–Crippen LogP) is 2.47. The summed E-state index contributed by atoms with van der Waals surface area (Å²) in [6, 6.07) is 9.71. The summed E-state index contributed by atoms with van der Waals surface area (Å²) >= 11 is 0. The lowest BCUT2D eigenvalue weighted by atomic mass is 10.1. The zero-order chi connectivity index (χ0) is 11.8. The maximum atomic E-state index is 11.7. The zero-order valence-electron chi connectivity index (χ0n) is 9.77. The minimum atomic E-state index is -0.454. The molecule has 0 N–H and O–H groups in total. The van der Waals surface area contributed by atoms with Crippen molar-refractivity contribution in [2.75, 3.05) is 0 Å². The highest BCUT2D eigenvalue weighted by Gasteiger charge is 2.48. The van der Waals surface area contributed by atoms with Gasteiger partial charge in [0, 0.05) is 0 Å². The van der Waals surface area contributed by atoms with Gasteiger partial charge in [-0.15, -0.1) is 0 Å². The third-order valence-corrected chi connectivity index (χ3v) is 2.26. The summed E-state index contributed by atoms with van der Waals surface area (Å²) in [5.41, 5.74) is 0.572. The Bertz CT molecular complexity index is 378. The number of benzene rings is 1. The number of rotatable bonds is 2. The first-order valence-electron chi connectivity index (χ1n) is 5.41. The van der Waals surface area contributed by atoms with Gasteiger partial charge in [-0.3, -0.25) is 0 Å². The third kappa shape index (κ3) is 2.61. The van der Waals surface area contributed by atoms with Crippen molar-refractivity contribution in [3.63, 3.8) is 0 Å². The Morgan fingerprint density at radius 1 is 1.25 bits per heavy atom. The van der Waals surface area contributed by atoms with Crippen molar-refractivity contribution in [1.29, 1.82) is 0 Å². The summed E-state index contributed by atoms with van der Waals surface area (Å²) in [5, 5.41) is 0. The van der Waals surface area contributed by atoms with Crippen molar-refractivity contribution in [2.45, 2.75) is 38.6 Å². The van der Waals surface area contributed by atoms with Crippen LogP contribution in [0.15, 0.2) is 30.3 Å². The van der Waals surface area contributed by atoms with Gasteiger partial charge in [-0.1, -0.05) is 30.3 Å². The van der Waals surface area contributed by atoms with E-state index in [1.165, 1.54) is 0 Å². The van der Waals surface area contributed by atoms with Crippen LogP contribution in [0.1, 0.15) is 32.4 Å². The smallest absolute Gasteiger partial charge is 0.338 e. The van der Waals surface area contributed by atoms with Gasteiger partial charge in [-0.25, -0.2) is 4.79 Å². The maximum Gasteiger partial charge on any atom is 0.338 e. The minimum Gasteiger partial charge on any atom is -0.458 e. The number of carbonyl (C=O) groups is 1. The van der Waals surface area contributed by atoms with Crippen LogP contribution >= 0.6 is 0 Å². The van der Waals surface area contributed by atoms with E-state index in [-0.39, 0.29) is 12.1 Å². The molecule has 0 amide bonds. The molecule has 2 atom stereocenters. The molecule has 0 aliphatic carbocycles. The molecule has 2 rings (SSSR count). The maximum absolute atomic E-state index is 11.7. The molecule has 0 aromatic heterocycles. The number of carbonyl (C=O) groups excluding carboxylic acids is 1. The fraction of sp³-hybridized carbons (Fsp3) is 0.462. The molecule has 0 saturated carbocycles. The Hall–Kier alpha value is -1.35. The summed E-state index contributed by atoms with van der Waals surface area (Å²) in [4.78, 5) is 11.7. The van der Waals surface area contributed by atoms with E-state index in [9.17, 15) is 4.79 Å². The minimum absolute atomic E-state index is 0.129. The van der Waals surface area contributed by atoms with Gasteiger partial charge in [-0.05, 0) is 26.3 Å². The second kappa shape index (κ2) is 3.91. The van der Waals surface area contributed by atoms with Gasteiger partial charge in [0.15, 0.2) is 6.10 Å². The molecule has 86 valence electrons. The second-order valence-electron chi connectivity index (χ2n) is 4.92. The van der Waals surface area contributed by atoms with Crippen molar-refractivity contribution in [3.05, 3.63) is 35.9 Å². The van der Waals surface area contributed by atoms with Gasteiger partial charge in [0.1, 0.15) is 11.7 Å². The standard InChI is InChI=1S/C13H16O3/c1-13(2,3)16-12(14)11-10(15-11)9-7-5-4-6-8-9/h4-8,10-11H,1-3H3/t10-,11-/m0/s1. The molecule has 3 heteroatoms. The number of esters is 1. The van der Waals surface area contributed by atoms with E-state index >= 15 is 0 Å². The van der Waals surface area contributed by atoms with E-state index in [4.69, 9.17) is 9.47 Å². The van der Waals surface area contributed by atoms with Crippen LogP contribution in [0, 0.1) is 0 Å². The van der Waals surface area contributed by atoms with Gasteiger partial charge in [-0.2, -0.15) is 0 Å². The highest BCUT2D eigenvalue weighted by atomic mass is 16.6. The van der Waals surface area contributed by atoms with E-state index in [1.54, 1.807) is 0 Å². The molecule has 1 fully saturated rings. The molecular weight excluding hydrogens is 204 g/mol. The molecule has 16 heavy (non-hydrogen) atoms. The lowest BCUT2D eigenvalue weighted by Gasteiger charge is -2.18. The first kappa shape index (κ1) is 11.1. The van der Waals surface area contributed by atoms with Gasteiger partial charge < -0.3 is 9.47 Å². The van der Waals surface area contributed by atoms with Crippen molar-refractivity contribution in [2.24, 2.45) is 0 Å². The van der Waals surface area contributed by atoms with Gasteiger partial charge >= 0.3 is 5.97 Å². The summed E-state index contributed by atoms with van der Waals surface area (Å²) in [5.74, 6) is -0.277. The Morgan fingerprint density at radius 2 is 1.88 bits per heavy atom. The Balaban J connectivity index is 1.95. The molecule has 0 unspecified atom stereocenters. The Labute approximate surface area is 95.4 Å². The molecule has 1 aromatic rings. The quantitative estimate of drug-likeness (QED) is 0.567. The fourth-order valence-electron chi connectivity index (χ4n) is 1.55. The van der Waals surface area contributed by atoms with Crippen molar-refractivity contribution in [1.82, 2.24) is 0 Å². The normalized spacial score (nSPS) is 23.9. The number of ether oxygens (including phenoxy) is 2. The topological polar surface area (TPSA) is 38.8 Å². The first-order chi connectivity index (χ1) is 7.47. The number of hydrogen-bond acceptors (Lipinski definition) is 3. The van der Waals surface area contributed by atoms with E-state index in [1.807, 2.05) is 51.1 Å². The lowest BCUT2D eigenvalue weighted by molar-refractivity contribution is -0.156. The molecule has 0 radical (unpaired) electrons. The highest BCUT2D eigenvalue weighted by Crippen LogP contribution is 2.39. The van der Waals surface area contributed by atoms with E-state index in [0.29, 0.717) is 0 Å². The molecule has 1 aliphatic rings. The van der Waals surface area contributed by atoms with Crippen LogP contribution in [-0.2, 0) is 14.3 Å². The SMILES string of the molecule is CC(C)(C)OC(=O)[C@H]1O[C@H]1c1ccccc1. The van der Waals surface area contributed by atoms with E-state index in [0.717, 1.165) is 5.56 Å². The summed E-state index contributed by atoms with van der Waals surface area (Å²) in [7, 11) is 0. The van der Waals surface area contributed by atoms with Crippen molar-refractivity contribution in [3.8, 4) is 0 Å². The van der Waals surface area contributed by atoms with Crippen LogP contribution in [0.2, 0.25) is 0 Å². The molecule has 0 bridgehead atoms. The third-order valence-electron chi connectivity index (χ3n) is 2.26. The van der Waals surface area contributed by atoms with E-state index < -0.39 is 11.7 Å². The zero-order valence-corrected chi connectivity index (χ0v) is 9.77. The van der Waals surface area contributed by atoms with Gasteiger partial charge in [0.05, 0.1) is 0 Å². The van der Waals surface area contributed by atoms with Gasteiger partial charge in [0.25, 0.3) is 0 Å².